The van der Waals surface area contributed by atoms with Crippen molar-refractivity contribution in [3.05, 3.63) is 34.9 Å². The second kappa shape index (κ2) is 7.62. The Bertz CT molecular complexity index is 478. The molecule has 0 spiro atoms. The minimum Gasteiger partial charge on any atom is -0.412 e. The Kier molecular flexibility index (Phi) is 6.90. The van der Waals surface area contributed by atoms with Gasteiger partial charge in [0.1, 0.15) is 0 Å². The summed E-state index contributed by atoms with van der Waals surface area (Å²) >= 11 is 6.46. The number of benzene rings is 1. The quantitative estimate of drug-likeness (QED) is 0.547. The van der Waals surface area contributed by atoms with Crippen LogP contribution < -0.4 is 0 Å². The Morgan fingerprint density at radius 1 is 0.864 bits per heavy atom. The number of halogens is 1. The zero-order valence-corrected chi connectivity index (χ0v) is 18.0. The molecule has 0 aliphatic rings. The molecule has 0 amide bonds. The van der Waals surface area contributed by atoms with Gasteiger partial charge in [-0.2, -0.15) is 0 Å². The van der Waals surface area contributed by atoms with Crippen molar-refractivity contribution in [2.75, 3.05) is 0 Å². The van der Waals surface area contributed by atoms with Gasteiger partial charge in [-0.1, -0.05) is 43.6 Å². The van der Waals surface area contributed by atoms with E-state index in [1.807, 2.05) is 18.2 Å². The summed E-state index contributed by atoms with van der Waals surface area (Å²) in [6.07, 6.45) is -0.0783. The molecule has 0 fully saturated rings. The molecule has 126 valence electrons. The van der Waals surface area contributed by atoms with Crippen LogP contribution in [0.15, 0.2) is 24.3 Å². The van der Waals surface area contributed by atoms with E-state index in [0.29, 0.717) is 5.92 Å². The second-order valence-corrected chi connectivity index (χ2v) is 17.4. The lowest BCUT2D eigenvalue weighted by molar-refractivity contribution is 0.0140. The van der Waals surface area contributed by atoms with Crippen molar-refractivity contribution in [1.82, 2.24) is 0 Å². The van der Waals surface area contributed by atoms with Gasteiger partial charge < -0.3 is 8.85 Å². The fourth-order valence-corrected chi connectivity index (χ4v) is 4.83. The Morgan fingerprint density at radius 3 is 1.77 bits per heavy atom. The van der Waals surface area contributed by atoms with Crippen LogP contribution in [0.4, 0.5) is 0 Å². The Labute approximate surface area is 143 Å². The first-order valence-corrected chi connectivity index (χ1v) is 15.2. The topological polar surface area (TPSA) is 18.5 Å². The molecular formula is C17H31ClO2Si2. The van der Waals surface area contributed by atoms with Gasteiger partial charge >= 0.3 is 0 Å². The third-order valence-electron chi connectivity index (χ3n) is 3.14. The van der Waals surface area contributed by atoms with Crippen LogP contribution in [0.2, 0.25) is 44.3 Å². The van der Waals surface area contributed by atoms with Crippen LogP contribution in [-0.2, 0) is 8.85 Å². The zero-order valence-electron chi connectivity index (χ0n) is 15.2. The van der Waals surface area contributed by atoms with E-state index in [4.69, 9.17) is 20.5 Å². The number of hydrogen-bond acceptors (Lipinski definition) is 2. The van der Waals surface area contributed by atoms with Crippen molar-refractivity contribution in [3.63, 3.8) is 0 Å². The molecule has 0 heterocycles. The van der Waals surface area contributed by atoms with Crippen molar-refractivity contribution >= 4 is 28.2 Å². The van der Waals surface area contributed by atoms with E-state index in [-0.39, 0.29) is 12.2 Å². The summed E-state index contributed by atoms with van der Waals surface area (Å²) in [7, 11) is -3.41. The molecule has 0 unspecified atom stereocenters. The minimum atomic E-state index is -1.73. The van der Waals surface area contributed by atoms with Gasteiger partial charge in [0, 0.05) is 10.6 Å². The lowest BCUT2D eigenvalue weighted by Crippen LogP contribution is -2.42. The maximum Gasteiger partial charge on any atom is 0.184 e. The van der Waals surface area contributed by atoms with Crippen LogP contribution in [0.1, 0.15) is 25.5 Å². The van der Waals surface area contributed by atoms with Gasteiger partial charge in [-0.15, -0.1) is 0 Å². The lowest BCUT2D eigenvalue weighted by Gasteiger charge is -2.38. The molecule has 0 N–H and O–H groups in total. The molecule has 0 saturated carbocycles. The molecule has 22 heavy (non-hydrogen) atoms. The van der Waals surface area contributed by atoms with Gasteiger partial charge in [0.25, 0.3) is 0 Å². The van der Waals surface area contributed by atoms with Crippen LogP contribution in [0.3, 0.4) is 0 Å². The summed E-state index contributed by atoms with van der Waals surface area (Å²) < 4.78 is 13.0. The molecule has 1 aromatic rings. The highest BCUT2D eigenvalue weighted by molar-refractivity contribution is 6.70. The highest BCUT2D eigenvalue weighted by Crippen LogP contribution is 2.36. The standard InChI is InChI=1S/C17H31ClO2Si2/c1-13(2)16(19-21(3,4)5)17(20-22(6,7)8)14-11-9-10-12-15(14)18/h9-13,16-17H,1-8H3/t16-,17-/m0/s1. The van der Waals surface area contributed by atoms with Crippen molar-refractivity contribution < 1.29 is 8.85 Å². The maximum absolute atomic E-state index is 6.53. The summed E-state index contributed by atoms with van der Waals surface area (Å²) in [5, 5.41) is 0.760. The Hall–Kier alpha value is -0.136. The summed E-state index contributed by atoms with van der Waals surface area (Å²) in [6, 6.07) is 7.98. The first kappa shape index (κ1) is 19.9. The van der Waals surface area contributed by atoms with Crippen LogP contribution in [-0.4, -0.2) is 22.7 Å². The van der Waals surface area contributed by atoms with Gasteiger partial charge in [0.05, 0.1) is 12.2 Å². The van der Waals surface area contributed by atoms with Gasteiger partial charge in [-0.25, -0.2) is 0 Å². The largest absolute Gasteiger partial charge is 0.412 e. The summed E-state index contributed by atoms with van der Waals surface area (Å²) in [6.45, 7) is 17.7. The molecule has 2 nitrogen and oxygen atoms in total. The molecule has 0 radical (unpaired) electrons. The van der Waals surface area contributed by atoms with E-state index in [9.17, 15) is 0 Å². The van der Waals surface area contributed by atoms with Gasteiger partial charge in [-0.05, 0) is 51.3 Å². The third-order valence-corrected chi connectivity index (χ3v) is 5.42. The van der Waals surface area contributed by atoms with E-state index in [1.165, 1.54) is 0 Å². The zero-order chi connectivity index (χ0) is 17.1. The van der Waals surface area contributed by atoms with Crippen LogP contribution in [0.5, 0.6) is 0 Å². The highest BCUT2D eigenvalue weighted by atomic mass is 35.5. The molecule has 1 aromatic carbocycles. The number of rotatable bonds is 7. The molecule has 0 bridgehead atoms. The smallest absolute Gasteiger partial charge is 0.184 e. The monoisotopic (exact) mass is 358 g/mol. The Balaban J connectivity index is 3.25. The highest BCUT2D eigenvalue weighted by Gasteiger charge is 2.35. The van der Waals surface area contributed by atoms with Crippen LogP contribution >= 0.6 is 11.6 Å². The fourth-order valence-electron chi connectivity index (χ4n) is 2.35. The van der Waals surface area contributed by atoms with Crippen molar-refractivity contribution in [2.45, 2.75) is 65.3 Å². The maximum atomic E-state index is 6.53. The van der Waals surface area contributed by atoms with Crippen molar-refractivity contribution in [3.8, 4) is 0 Å². The molecule has 0 saturated heterocycles. The normalized spacial score (nSPS) is 15.9. The Morgan fingerprint density at radius 2 is 1.36 bits per heavy atom. The van der Waals surface area contributed by atoms with E-state index >= 15 is 0 Å². The predicted molar refractivity (Wildman–Crippen MR) is 102 cm³/mol. The van der Waals surface area contributed by atoms with Gasteiger partial charge in [0.15, 0.2) is 16.6 Å². The molecule has 5 heteroatoms. The van der Waals surface area contributed by atoms with Gasteiger partial charge in [-0.3, -0.25) is 0 Å². The average Bonchev–Trinajstić information content (AvgIpc) is 2.32. The minimum absolute atomic E-state index is 0.0262. The van der Waals surface area contributed by atoms with E-state index in [2.05, 4.69) is 59.2 Å². The van der Waals surface area contributed by atoms with Crippen LogP contribution in [0.25, 0.3) is 0 Å². The summed E-state index contributed by atoms with van der Waals surface area (Å²) in [5.74, 6) is 0.365. The fraction of sp³-hybridized carbons (Fsp3) is 0.647. The van der Waals surface area contributed by atoms with E-state index < -0.39 is 16.6 Å². The third kappa shape index (κ3) is 6.54. The average molecular weight is 359 g/mol. The summed E-state index contributed by atoms with van der Waals surface area (Å²) in [5.41, 5.74) is 1.04. The molecule has 0 aliphatic heterocycles. The van der Waals surface area contributed by atoms with Crippen LogP contribution in [0, 0.1) is 5.92 Å². The molecule has 1 rings (SSSR count). The second-order valence-electron chi connectivity index (χ2n) is 8.11. The van der Waals surface area contributed by atoms with Crippen molar-refractivity contribution in [2.24, 2.45) is 5.92 Å². The number of hydrogen-bond donors (Lipinski definition) is 0. The summed E-state index contributed by atoms with van der Waals surface area (Å²) in [4.78, 5) is 0. The van der Waals surface area contributed by atoms with E-state index in [1.54, 1.807) is 0 Å². The SMILES string of the molecule is CC(C)[C@H](O[Si](C)(C)C)[C@@H](O[Si](C)(C)C)c1ccccc1Cl. The molecular weight excluding hydrogens is 328 g/mol. The first-order chi connectivity index (χ1) is 9.91. The molecule has 0 aromatic heterocycles. The predicted octanol–water partition coefficient (Wildman–Crippen LogP) is 6.11. The molecule has 2 atom stereocenters. The van der Waals surface area contributed by atoms with Crippen molar-refractivity contribution in [1.29, 1.82) is 0 Å². The lowest BCUT2D eigenvalue weighted by atomic mass is 9.96. The molecule has 0 aliphatic carbocycles. The first-order valence-electron chi connectivity index (χ1n) is 8.01. The van der Waals surface area contributed by atoms with Gasteiger partial charge in [0.2, 0.25) is 0 Å². The van der Waals surface area contributed by atoms with E-state index in [0.717, 1.165) is 10.6 Å².